The number of aromatic nitrogens is 2. The van der Waals surface area contributed by atoms with Gasteiger partial charge < -0.3 is 24.2 Å². The molecule has 12 aromatic rings. The van der Waals surface area contributed by atoms with E-state index in [-0.39, 0.29) is 17.5 Å². The lowest BCUT2D eigenvalue weighted by Gasteiger charge is -2.10. The van der Waals surface area contributed by atoms with Gasteiger partial charge in [-0.2, -0.15) is 0 Å². The van der Waals surface area contributed by atoms with Gasteiger partial charge in [0.2, 0.25) is 0 Å². The van der Waals surface area contributed by atoms with Gasteiger partial charge in [-0.3, -0.25) is 0 Å². The van der Waals surface area contributed by atoms with Gasteiger partial charge in [-0.1, -0.05) is 78.9 Å². The van der Waals surface area contributed by atoms with Crippen molar-refractivity contribution in [3.8, 4) is 11.4 Å². The molecule has 0 aliphatic carbocycles. The highest BCUT2D eigenvalue weighted by Crippen LogP contribution is 2.39. The van der Waals surface area contributed by atoms with Gasteiger partial charge in [0.1, 0.15) is 23.0 Å². The first kappa shape index (κ1) is 36.8. The molecule has 0 unspecified atom stereocenters. The van der Waals surface area contributed by atoms with Crippen molar-refractivity contribution in [3.63, 3.8) is 0 Å². The average Bonchev–Trinajstić information content (AvgIpc) is 3.97. The highest BCUT2D eigenvalue weighted by Gasteiger charge is 2.17. The predicted molar refractivity (Wildman–Crippen MR) is 248 cm³/mol. The molecule has 0 bridgehead atoms. The SMILES string of the molecule is Fc1ccc(-n2c3ccccc3c3ccc(Nc4cccc5c4oc4ccccc45)cc32)cc1.Fc1ccc(Nc2cccc3c2c2ccccc2n3-c2ccc(F)cc2)cc1. The van der Waals surface area contributed by atoms with E-state index in [0.717, 1.165) is 99.7 Å². The van der Waals surface area contributed by atoms with Gasteiger partial charge in [-0.15, -0.1) is 0 Å². The van der Waals surface area contributed by atoms with E-state index in [2.05, 4.69) is 80.4 Å². The number of hydrogen-bond acceptors (Lipinski definition) is 3. The molecule has 3 heterocycles. The van der Waals surface area contributed by atoms with Crippen molar-refractivity contribution in [2.24, 2.45) is 0 Å². The first-order valence-electron chi connectivity index (χ1n) is 20.2. The smallest absolute Gasteiger partial charge is 0.158 e. The molecule has 3 aromatic heterocycles. The average molecular weight is 813 g/mol. The van der Waals surface area contributed by atoms with Crippen LogP contribution in [0, 0.1) is 17.5 Å². The molecular formula is C54H35F3N4O. The fourth-order valence-corrected chi connectivity index (χ4v) is 8.60. The highest BCUT2D eigenvalue weighted by molar-refractivity contribution is 6.16. The maximum absolute atomic E-state index is 13.6. The summed E-state index contributed by atoms with van der Waals surface area (Å²) in [5.74, 6) is -0.773. The highest BCUT2D eigenvalue weighted by atomic mass is 19.1. The third kappa shape index (κ3) is 6.46. The first-order chi connectivity index (χ1) is 30.5. The van der Waals surface area contributed by atoms with Crippen LogP contribution in [0.1, 0.15) is 0 Å². The molecule has 2 N–H and O–H groups in total. The zero-order valence-corrected chi connectivity index (χ0v) is 33.0. The standard InChI is InChI=1S/C30H19FN2O.C24H16F2N2/c31-19-12-15-21(16-13-19)33-27-10-3-1-6-22(27)23-17-14-20(18-28(23)33)32-26-9-5-8-25-24-7-2-4-11-29(24)34-30(25)26;25-16-8-12-18(13-9-16)27-21-5-3-7-23-24(21)20-4-1-2-6-22(20)28(23)19-14-10-17(26)11-15-19/h1-18,32H;1-15,27H. The fourth-order valence-electron chi connectivity index (χ4n) is 8.60. The number of anilines is 4. The van der Waals surface area contributed by atoms with Crippen molar-refractivity contribution in [1.29, 1.82) is 0 Å². The summed E-state index contributed by atoms with van der Waals surface area (Å²) in [5.41, 5.74) is 11.3. The lowest BCUT2D eigenvalue weighted by atomic mass is 10.1. The maximum Gasteiger partial charge on any atom is 0.158 e. The van der Waals surface area contributed by atoms with Gasteiger partial charge in [-0.25, -0.2) is 13.2 Å². The number of benzene rings is 9. The van der Waals surface area contributed by atoms with Crippen LogP contribution < -0.4 is 10.6 Å². The Kier molecular flexibility index (Phi) is 8.97. The zero-order valence-electron chi connectivity index (χ0n) is 33.0. The van der Waals surface area contributed by atoms with E-state index in [9.17, 15) is 13.2 Å². The van der Waals surface area contributed by atoms with Crippen LogP contribution in [0.5, 0.6) is 0 Å². The number of fused-ring (bicyclic) bond motifs is 9. The van der Waals surface area contributed by atoms with E-state index >= 15 is 0 Å². The summed E-state index contributed by atoms with van der Waals surface area (Å²) in [4.78, 5) is 0. The molecule has 0 spiro atoms. The molecule has 9 aromatic carbocycles. The molecule has 0 amide bonds. The first-order valence-corrected chi connectivity index (χ1v) is 20.2. The van der Waals surface area contributed by atoms with Crippen LogP contribution >= 0.6 is 0 Å². The Labute approximate surface area is 353 Å². The largest absolute Gasteiger partial charge is 0.454 e. The number of halogens is 3. The molecule has 5 nitrogen and oxygen atoms in total. The fraction of sp³-hybridized carbons (Fsp3) is 0. The topological polar surface area (TPSA) is 47.1 Å². The third-order valence-electron chi connectivity index (χ3n) is 11.3. The molecule has 0 saturated carbocycles. The van der Waals surface area contributed by atoms with E-state index in [0.29, 0.717) is 0 Å². The van der Waals surface area contributed by atoms with E-state index in [1.54, 1.807) is 24.3 Å². The van der Waals surface area contributed by atoms with Crippen LogP contribution in [0.2, 0.25) is 0 Å². The molecule has 298 valence electrons. The van der Waals surface area contributed by atoms with Crippen LogP contribution in [0.4, 0.5) is 35.9 Å². The summed E-state index contributed by atoms with van der Waals surface area (Å²) >= 11 is 0. The minimum absolute atomic E-state index is 0.245. The van der Waals surface area contributed by atoms with Crippen molar-refractivity contribution in [2.75, 3.05) is 10.6 Å². The molecule has 0 saturated heterocycles. The Hall–Kier alpha value is -8.23. The van der Waals surface area contributed by atoms with Crippen LogP contribution in [0.3, 0.4) is 0 Å². The Morgan fingerprint density at radius 2 is 0.839 bits per heavy atom. The minimum atomic E-state index is -0.267. The van der Waals surface area contributed by atoms with Gasteiger partial charge in [0.15, 0.2) is 5.58 Å². The summed E-state index contributed by atoms with van der Waals surface area (Å²) in [7, 11) is 0. The second kappa shape index (κ2) is 15.1. The summed E-state index contributed by atoms with van der Waals surface area (Å²) in [6, 6.07) is 62.5. The van der Waals surface area contributed by atoms with E-state index in [1.807, 2.05) is 78.9 Å². The molecular weight excluding hydrogens is 778 g/mol. The Bertz CT molecular complexity index is 3610. The van der Waals surface area contributed by atoms with Crippen molar-refractivity contribution < 1.29 is 17.6 Å². The predicted octanol–water partition coefficient (Wildman–Crippen LogP) is 15.4. The van der Waals surface area contributed by atoms with E-state index < -0.39 is 0 Å². The van der Waals surface area contributed by atoms with Crippen molar-refractivity contribution >= 4 is 88.3 Å². The monoisotopic (exact) mass is 812 g/mol. The quantitative estimate of drug-likeness (QED) is 0.176. The van der Waals surface area contributed by atoms with E-state index in [4.69, 9.17) is 4.42 Å². The molecule has 0 radical (unpaired) electrons. The summed E-state index contributed by atoms with van der Waals surface area (Å²) in [5, 5.41) is 13.6. The van der Waals surface area contributed by atoms with Crippen molar-refractivity contribution in [3.05, 3.63) is 218 Å². The molecule has 12 rings (SSSR count). The van der Waals surface area contributed by atoms with Gasteiger partial charge in [0.25, 0.3) is 0 Å². The van der Waals surface area contributed by atoms with Gasteiger partial charge in [0.05, 0.1) is 27.8 Å². The van der Waals surface area contributed by atoms with Gasteiger partial charge >= 0.3 is 0 Å². The van der Waals surface area contributed by atoms with Gasteiger partial charge in [0, 0.05) is 60.8 Å². The normalized spacial score (nSPS) is 11.5. The van der Waals surface area contributed by atoms with Crippen molar-refractivity contribution in [2.45, 2.75) is 0 Å². The summed E-state index contributed by atoms with van der Waals surface area (Å²) in [6.07, 6.45) is 0. The molecule has 0 aliphatic heterocycles. The second-order valence-corrected chi connectivity index (χ2v) is 15.1. The molecule has 0 atom stereocenters. The number of hydrogen-bond donors (Lipinski definition) is 2. The number of nitrogens with one attached hydrogen (secondary N) is 2. The molecule has 62 heavy (non-hydrogen) atoms. The van der Waals surface area contributed by atoms with Gasteiger partial charge in [-0.05, 0) is 121 Å². The second-order valence-electron chi connectivity index (χ2n) is 15.1. The molecule has 0 aliphatic rings. The third-order valence-corrected chi connectivity index (χ3v) is 11.3. The molecule has 8 heteroatoms. The summed E-state index contributed by atoms with van der Waals surface area (Å²) in [6.45, 7) is 0. The summed E-state index contributed by atoms with van der Waals surface area (Å²) < 4.78 is 50.8. The lowest BCUT2D eigenvalue weighted by molar-refractivity contribution is 0.627. The Morgan fingerprint density at radius 3 is 1.55 bits per heavy atom. The van der Waals surface area contributed by atoms with Crippen LogP contribution in [0.25, 0.3) is 76.9 Å². The zero-order chi connectivity index (χ0) is 41.7. The van der Waals surface area contributed by atoms with Crippen LogP contribution in [-0.2, 0) is 0 Å². The number of furan rings is 1. The Balaban J connectivity index is 0.000000142. The lowest BCUT2D eigenvalue weighted by Crippen LogP contribution is -1.95. The number of nitrogens with zero attached hydrogens (tertiary/aromatic N) is 2. The number of para-hydroxylation sites is 4. The minimum Gasteiger partial charge on any atom is -0.454 e. The van der Waals surface area contributed by atoms with Crippen LogP contribution in [0.15, 0.2) is 205 Å². The molecule has 0 fully saturated rings. The van der Waals surface area contributed by atoms with E-state index in [1.165, 1.54) is 36.4 Å². The number of rotatable bonds is 6. The van der Waals surface area contributed by atoms with Crippen LogP contribution in [-0.4, -0.2) is 9.13 Å². The Morgan fingerprint density at radius 1 is 0.355 bits per heavy atom. The van der Waals surface area contributed by atoms with Crippen molar-refractivity contribution in [1.82, 2.24) is 9.13 Å². The maximum atomic E-state index is 13.6.